The third-order valence-electron chi connectivity index (χ3n) is 5.67. The number of H-pyrrole nitrogens is 1. The minimum Gasteiger partial charge on any atom is -0.376 e. The fraction of sp³-hybridized carbons (Fsp3) is 0.360. The first-order chi connectivity index (χ1) is 15.4. The molecule has 2 heterocycles. The van der Waals surface area contributed by atoms with Crippen LogP contribution in [-0.4, -0.2) is 32.2 Å². The lowest BCUT2D eigenvalue weighted by Gasteiger charge is -2.23. The van der Waals surface area contributed by atoms with Crippen LogP contribution in [0.1, 0.15) is 43.4 Å². The molecule has 1 atom stereocenters. The Kier molecular flexibility index (Phi) is 6.19. The average molecular weight is 433 g/mol. The molecule has 32 heavy (non-hydrogen) atoms. The number of nitrogens with zero attached hydrogens (tertiary/aromatic N) is 3. The highest BCUT2D eigenvalue weighted by atomic mass is 16.5. The molecule has 2 aliphatic rings. The van der Waals surface area contributed by atoms with Gasteiger partial charge in [0.25, 0.3) is 5.56 Å². The summed E-state index contributed by atoms with van der Waals surface area (Å²) in [6.45, 7) is 9.24. The van der Waals surface area contributed by atoms with Crippen LogP contribution in [0.2, 0.25) is 0 Å². The smallest absolute Gasteiger partial charge is 0.349 e. The lowest BCUT2D eigenvalue weighted by Crippen LogP contribution is -2.31. The van der Waals surface area contributed by atoms with Crippen LogP contribution in [0.25, 0.3) is 22.6 Å². The van der Waals surface area contributed by atoms with Gasteiger partial charge in [-0.25, -0.2) is 9.78 Å². The Balaban J connectivity index is 1.86. The maximum Gasteiger partial charge on any atom is 0.349 e. The second kappa shape index (κ2) is 9.04. The fourth-order valence-electron chi connectivity index (χ4n) is 3.96. The van der Waals surface area contributed by atoms with Crippen LogP contribution in [0.5, 0.6) is 0 Å². The van der Waals surface area contributed by atoms with Crippen molar-refractivity contribution in [2.45, 2.75) is 52.7 Å². The van der Waals surface area contributed by atoms with Crippen molar-refractivity contribution in [3.05, 3.63) is 80.0 Å². The van der Waals surface area contributed by atoms with E-state index in [1.165, 1.54) is 5.56 Å². The highest BCUT2D eigenvalue weighted by molar-refractivity contribution is 5.80. The number of hydrogen-bond donors (Lipinski definition) is 1. The van der Waals surface area contributed by atoms with Gasteiger partial charge in [-0.05, 0) is 43.0 Å². The number of rotatable bonds is 7. The Hall–Kier alpha value is -3.32. The summed E-state index contributed by atoms with van der Waals surface area (Å²) in [6.07, 6.45) is 0.534. The Labute approximate surface area is 186 Å². The maximum atomic E-state index is 12.5. The van der Waals surface area contributed by atoms with Crippen molar-refractivity contribution in [1.82, 2.24) is 19.5 Å². The molecule has 0 amide bonds. The molecule has 1 N–H and O–H groups in total. The number of aryl methyl sites for hydroxylation is 1. The molecule has 0 saturated heterocycles. The van der Waals surface area contributed by atoms with E-state index in [1.54, 1.807) is 0 Å². The first-order valence-corrected chi connectivity index (χ1v) is 11.0. The quantitative estimate of drug-likeness (QED) is 0.450. The first-order valence-electron chi connectivity index (χ1n) is 11.0. The Bertz CT molecular complexity index is 1320. The van der Waals surface area contributed by atoms with Crippen LogP contribution < -0.4 is 11.2 Å². The average Bonchev–Trinajstić information content (AvgIpc) is 2.75. The minimum absolute atomic E-state index is 0.156. The number of aromatic nitrogens is 4. The zero-order valence-electron chi connectivity index (χ0n) is 18.9. The lowest BCUT2D eigenvalue weighted by molar-refractivity contribution is 0.0517. The largest absolute Gasteiger partial charge is 0.376 e. The van der Waals surface area contributed by atoms with Gasteiger partial charge in [-0.15, -0.1) is 0 Å². The summed E-state index contributed by atoms with van der Waals surface area (Å²) in [5.74, 6) is 0.598. The van der Waals surface area contributed by atoms with E-state index in [0.717, 1.165) is 16.6 Å². The maximum absolute atomic E-state index is 12.5. The Morgan fingerprint density at radius 1 is 1.06 bits per heavy atom. The van der Waals surface area contributed by atoms with Crippen molar-refractivity contribution in [3.63, 3.8) is 0 Å². The van der Waals surface area contributed by atoms with Crippen LogP contribution >= 0.6 is 0 Å². The summed E-state index contributed by atoms with van der Waals surface area (Å²) in [5.41, 5.74) is 3.95. The van der Waals surface area contributed by atoms with Crippen molar-refractivity contribution < 1.29 is 4.74 Å². The summed E-state index contributed by atoms with van der Waals surface area (Å²) in [7, 11) is 0. The van der Waals surface area contributed by atoms with Gasteiger partial charge in [0.15, 0.2) is 11.5 Å². The van der Waals surface area contributed by atoms with Gasteiger partial charge in [-0.2, -0.15) is 4.98 Å². The van der Waals surface area contributed by atoms with Gasteiger partial charge < -0.3 is 9.30 Å². The second-order valence-electron chi connectivity index (χ2n) is 8.44. The molecule has 0 radical (unpaired) electrons. The number of nitrogens with one attached hydrogen (secondary N) is 1. The monoisotopic (exact) mass is 432 g/mol. The molecule has 0 aliphatic carbocycles. The number of fused-ring (bicyclic) bond motifs is 2. The highest BCUT2D eigenvalue weighted by Gasteiger charge is 2.22. The van der Waals surface area contributed by atoms with Crippen LogP contribution in [0.3, 0.4) is 0 Å². The zero-order valence-corrected chi connectivity index (χ0v) is 18.9. The van der Waals surface area contributed by atoms with Gasteiger partial charge in [-0.3, -0.25) is 9.78 Å². The third-order valence-corrected chi connectivity index (χ3v) is 5.67. The first kappa shape index (κ1) is 21.9. The van der Waals surface area contributed by atoms with Gasteiger partial charge >= 0.3 is 5.69 Å². The molecule has 4 rings (SSSR count). The van der Waals surface area contributed by atoms with E-state index in [-0.39, 0.29) is 17.6 Å². The lowest BCUT2D eigenvalue weighted by atomic mass is 10.0. The van der Waals surface area contributed by atoms with Crippen molar-refractivity contribution in [1.29, 1.82) is 0 Å². The topological polar surface area (TPSA) is 89.9 Å². The molecule has 7 nitrogen and oxygen atoms in total. The van der Waals surface area contributed by atoms with Crippen LogP contribution in [0.15, 0.2) is 52.1 Å². The van der Waals surface area contributed by atoms with Gasteiger partial charge in [0.05, 0.1) is 23.7 Å². The van der Waals surface area contributed by atoms with Crippen LogP contribution in [0.4, 0.5) is 0 Å². The van der Waals surface area contributed by atoms with Crippen LogP contribution in [0, 0.1) is 6.92 Å². The zero-order chi connectivity index (χ0) is 22.8. The van der Waals surface area contributed by atoms with Gasteiger partial charge in [0, 0.05) is 13.0 Å². The number of aromatic amines is 1. The summed E-state index contributed by atoms with van der Waals surface area (Å²) in [5, 5.41) is 0. The number of ether oxygens (including phenoxy) is 1. The molecule has 0 bridgehead atoms. The van der Waals surface area contributed by atoms with Crippen molar-refractivity contribution in [2.75, 3.05) is 6.61 Å². The van der Waals surface area contributed by atoms with Gasteiger partial charge in [0.1, 0.15) is 0 Å². The number of hydrogen-bond acceptors (Lipinski definition) is 5. The van der Waals surface area contributed by atoms with E-state index < -0.39 is 11.2 Å². The molecule has 2 aromatic rings. The van der Waals surface area contributed by atoms with Gasteiger partial charge in [-0.1, -0.05) is 49.7 Å². The molecule has 2 aliphatic heterocycles. The highest BCUT2D eigenvalue weighted by Crippen LogP contribution is 2.25. The SMILES string of the molecule is CCOC(Cc1ccc(C)cc1)Cn1c2nc(=O)[nH]c(=O)c-2nc2cc(C(C)C)ccc21. The summed E-state index contributed by atoms with van der Waals surface area (Å²) in [4.78, 5) is 35.5. The molecule has 166 valence electrons. The van der Waals surface area contributed by atoms with Crippen molar-refractivity contribution in [3.8, 4) is 11.5 Å². The normalized spacial score (nSPS) is 12.7. The van der Waals surface area contributed by atoms with E-state index in [2.05, 4.69) is 66.1 Å². The predicted octanol–water partition coefficient (Wildman–Crippen LogP) is 3.66. The van der Waals surface area contributed by atoms with E-state index in [1.807, 2.05) is 23.6 Å². The summed E-state index contributed by atoms with van der Waals surface area (Å²) in [6, 6.07) is 14.4. The Morgan fingerprint density at radius 2 is 1.81 bits per heavy atom. The van der Waals surface area contributed by atoms with E-state index in [4.69, 9.17) is 4.74 Å². The molecule has 0 spiro atoms. The van der Waals surface area contributed by atoms with Crippen molar-refractivity contribution >= 4 is 11.0 Å². The summed E-state index contributed by atoms with van der Waals surface area (Å²) >= 11 is 0. The molecule has 0 fully saturated rings. The van der Waals surface area contributed by atoms with Crippen molar-refractivity contribution in [2.24, 2.45) is 0 Å². The molecule has 1 unspecified atom stereocenters. The third kappa shape index (κ3) is 4.48. The molecular weight excluding hydrogens is 404 g/mol. The van der Waals surface area contributed by atoms with E-state index in [0.29, 0.717) is 31.0 Å². The van der Waals surface area contributed by atoms with Gasteiger partial charge in [0.2, 0.25) is 0 Å². The standard InChI is InChI=1S/C25H28N4O3/c1-5-32-19(12-17-8-6-16(4)7-9-17)14-29-21-11-10-18(15(2)3)13-20(21)26-22-23(29)27-25(31)28-24(22)30/h6-11,13,15,19H,5,12,14H2,1-4H3,(H,28,30,31). The molecule has 0 saturated carbocycles. The fourth-order valence-corrected chi connectivity index (χ4v) is 3.96. The molecule has 0 aromatic heterocycles. The minimum atomic E-state index is -0.678. The van der Waals surface area contributed by atoms with E-state index >= 15 is 0 Å². The number of benzene rings is 2. The second-order valence-corrected chi connectivity index (χ2v) is 8.44. The predicted molar refractivity (Wildman–Crippen MR) is 125 cm³/mol. The molecule has 7 heteroatoms. The van der Waals surface area contributed by atoms with Crippen LogP contribution in [-0.2, 0) is 17.7 Å². The molecule has 2 aromatic carbocycles. The summed E-state index contributed by atoms with van der Waals surface area (Å²) < 4.78 is 7.96. The Morgan fingerprint density at radius 3 is 2.50 bits per heavy atom. The molecular formula is C25H28N4O3. The van der Waals surface area contributed by atoms with E-state index in [9.17, 15) is 9.59 Å².